The summed E-state index contributed by atoms with van der Waals surface area (Å²) < 4.78 is 43.2. The maximum atomic E-state index is 12.6. The first-order valence-electron chi connectivity index (χ1n) is 12.4. The van der Waals surface area contributed by atoms with Gasteiger partial charge in [-0.1, -0.05) is 36.0 Å². The Balaban J connectivity index is 1.26. The maximum absolute atomic E-state index is 12.6. The van der Waals surface area contributed by atoms with Crippen molar-refractivity contribution >= 4 is 56.5 Å². The van der Waals surface area contributed by atoms with Gasteiger partial charge in [0, 0.05) is 17.3 Å². The van der Waals surface area contributed by atoms with Crippen molar-refractivity contribution in [2.75, 3.05) is 10.7 Å². The van der Waals surface area contributed by atoms with Gasteiger partial charge in [0.15, 0.2) is 5.17 Å². The van der Waals surface area contributed by atoms with Crippen LogP contribution in [0.3, 0.4) is 0 Å². The molecule has 1 aliphatic rings. The van der Waals surface area contributed by atoms with Crippen LogP contribution in [-0.2, 0) is 4.79 Å². The molecule has 0 saturated carbocycles. The average Bonchev–Trinajstić information content (AvgIpc) is 3.52. The number of para-hydroxylation sites is 1. The number of amidine groups is 1. The fourth-order valence-electron chi connectivity index (χ4n) is 4.75. The van der Waals surface area contributed by atoms with Crippen LogP contribution in [0.5, 0.6) is 5.75 Å². The number of amides is 1. The second kappa shape index (κ2) is 10.4. The van der Waals surface area contributed by atoms with Crippen molar-refractivity contribution in [3.63, 3.8) is 0 Å². The lowest BCUT2D eigenvalue weighted by Crippen LogP contribution is -2.30. The Bertz CT molecular complexity index is 1840. The van der Waals surface area contributed by atoms with E-state index in [4.69, 9.17) is 0 Å². The molecule has 41 heavy (non-hydrogen) atoms. The van der Waals surface area contributed by atoms with E-state index < -0.39 is 6.36 Å². The highest BCUT2D eigenvalue weighted by Crippen LogP contribution is 2.32. The monoisotopic (exact) mass is 574 g/mol. The van der Waals surface area contributed by atoms with Gasteiger partial charge in [-0.3, -0.25) is 19.2 Å². The molecule has 1 fully saturated rings. The quantitative estimate of drug-likeness (QED) is 0.175. The van der Waals surface area contributed by atoms with Crippen LogP contribution in [-0.4, -0.2) is 43.9 Å². The topological polar surface area (TPSA) is 85.0 Å². The molecule has 12 heteroatoms. The number of hydrogen-bond donors (Lipinski definition) is 0. The number of benzene rings is 3. The van der Waals surface area contributed by atoms with Crippen LogP contribution in [0.15, 0.2) is 83.4 Å². The van der Waals surface area contributed by atoms with Gasteiger partial charge in [0.25, 0.3) is 0 Å². The summed E-state index contributed by atoms with van der Waals surface area (Å²) in [5.74, 6) is -0.0419. The summed E-state index contributed by atoms with van der Waals surface area (Å²) >= 11 is 1.34. The van der Waals surface area contributed by atoms with Crippen LogP contribution < -0.4 is 9.64 Å². The number of alkyl halides is 3. The van der Waals surface area contributed by atoms with E-state index in [1.807, 2.05) is 50.2 Å². The summed E-state index contributed by atoms with van der Waals surface area (Å²) in [5, 5.41) is 10.7. The van der Waals surface area contributed by atoms with E-state index in [1.165, 1.54) is 42.2 Å². The van der Waals surface area contributed by atoms with Gasteiger partial charge in [-0.25, -0.2) is 4.98 Å². The number of pyridine rings is 1. The molecule has 5 aromatic rings. The smallest absolute Gasteiger partial charge is 0.406 e. The zero-order valence-corrected chi connectivity index (χ0v) is 22.6. The zero-order valence-electron chi connectivity index (χ0n) is 21.8. The lowest BCUT2D eigenvalue weighted by molar-refractivity contribution is -0.274. The highest BCUT2D eigenvalue weighted by molar-refractivity contribution is 8.15. The van der Waals surface area contributed by atoms with Gasteiger partial charge in [0.1, 0.15) is 12.1 Å². The molecule has 1 saturated heterocycles. The van der Waals surface area contributed by atoms with Gasteiger partial charge in [-0.15, -0.1) is 18.3 Å². The van der Waals surface area contributed by atoms with Crippen LogP contribution in [0.1, 0.15) is 16.8 Å². The second-order valence-corrected chi connectivity index (χ2v) is 10.2. The molecule has 206 valence electrons. The number of ether oxygens (including phenoxy) is 1. The number of imidazole rings is 1. The third-order valence-electron chi connectivity index (χ3n) is 6.55. The molecule has 0 radical (unpaired) electrons. The number of rotatable bonds is 5. The lowest BCUT2D eigenvalue weighted by Gasteiger charge is -2.20. The first-order valence-corrected chi connectivity index (χ1v) is 13.4. The molecular weight excluding hydrogens is 553 g/mol. The molecule has 1 amide bonds. The van der Waals surface area contributed by atoms with Crippen LogP contribution >= 0.6 is 11.8 Å². The van der Waals surface area contributed by atoms with Gasteiger partial charge in [-0.05, 0) is 66.8 Å². The molecule has 0 atom stereocenters. The normalized spacial score (nSPS) is 15.2. The molecule has 3 aromatic carbocycles. The van der Waals surface area contributed by atoms with Crippen molar-refractivity contribution < 1.29 is 22.7 Å². The minimum Gasteiger partial charge on any atom is -0.406 e. The molecule has 0 bridgehead atoms. The fourth-order valence-corrected chi connectivity index (χ4v) is 5.56. The number of halogens is 3. The van der Waals surface area contributed by atoms with Crippen molar-refractivity contribution in [1.82, 2.24) is 14.5 Å². The van der Waals surface area contributed by atoms with E-state index >= 15 is 0 Å². The number of carbonyl (C=O) groups excluding carboxylic acids is 1. The van der Waals surface area contributed by atoms with Gasteiger partial charge >= 0.3 is 6.36 Å². The largest absolute Gasteiger partial charge is 0.573 e. The SMILES string of the molecule is Cc1cccc(C)c1N1C(=O)CS/C1=N\N=C\c1cc2ccc3c(ncn3-c3ccc(OC(F)(F)F)cc3)c2cn1. The summed E-state index contributed by atoms with van der Waals surface area (Å²) in [7, 11) is 0. The van der Waals surface area contributed by atoms with E-state index in [-0.39, 0.29) is 11.7 Å². The summed E-state index contributed by atoms with van der Waals surface area (Å²) in [4.78, 5) is 23.3. The Kier molecular flexibility index (Phi) is 6.70. The number of thioether (sulfide) groups is 1. The summed E-state index contributed by atoms with van der Waals surface area (Å²) in [6.45, 7) is 3.92. The Labute approximate surface area is 236 Å². The van der Waals surface area contributed by atoms with Gasteiger partial charge in [-0.2, -0.15) is 5.10 Å². The minimum absolute atomic E-state index is 0.0424. The summed E-state index contributed by atoms with van der Waals surface area (Å²) in [6.07, 6.45) is 0.0885. The highest BCUT2D eigenvalue weighted by atomic mass is 32.2. The predicted molar refractivity (Wildman–Crippen MR) is 154 cm³/mol. The van der Waals surface area contributed by atoms with Crippen molar-refractivity contribution in [2.24, 2.45) is 10.2 Å². The minimum atomic E-state index is -4.75. The summed E-state index contributed by atoms with van der Waals surface area (Å²) in [6, 6.07) is 17.1. The van der Waals surface area contributed by atoms with Crippen molar-refractivity contribution in [3.05, 3.63) is 90.0 Å². The highest BCUT2D eigenvalue weighted by Gasteiger charge is 2.32. The Morgan fingerprint density at radius 1 is 1.02 bits per heavy atom. The van der Waals surface area contributed by atoms with Gasteiger partial charge in [0.05, 0.1) is 34.4 Å². The van der Waals surface area contributed by atoms with E-state index in [1.54, 1.807) is 22.0 Å². The molecule has 6 rings (SSSR count). The van der Waals surface area contributed by atoms with Gasteiger partial charge < -0.3 is 4.74 Å². The lowest BCUT2D eigenvalue weighted by atomic mass is 10.1. The van der Waals surface area contributed by atoms with Crippen LogP contribution in [0.4, 0.5) is 18.9 Å². The molecule has 0 aliphatic carbocycles. The number of aryl methyl sites for hydroxylation is 2. The third-order valence-corrected chi connectivity index (χ3v) is 7.46. The van der Waals surface area contributed by atoms with E-state index in [2.05, 4.69) is 24.9 Å². The van der Waals surface area contributed by atoms with E-state index in [0.717, 1.165) is 33.1 Å². The van der Waals surface area contributed by atoms with Crippen molar-refractivity contribution in [3.8, 4) is 11.4 Å². The Morgan fingerprint density at radius 3 is 2.51 bits per heavy atom. The standard InChI is InChI=1S/C29H21F3N6O2S/c1-17-4-3-5-18(2)27(17)38-25(39)15-41-28(38)36-35-13-20-12-19-6-11-24-26(23(19)14-33-20)34-16-37(24)21-7-9-22(10-8-21)40-29(30,31)32/h3-14,16H,15H2,1-2H3/b35-13+,36-28-. The van der Waals surface area contributed by atoms with Crippen LogP contribution in [0.2, 0.25) is 0 Å². The number of nitrogens with zero attached hydrogens (tertiary/aromatic N) is 6. The first-order chi connectivity index (χ1) is 19.7. The number of hydrogen-bond acceptors (Lipinski definition) is 7. The van der Waals surface area contributed by atoms with E-state index in [0.29, 0.717) is 27.8 Å². The van der Waals surface area contributed by atoms with Crippen LogP contribution in [0, 0.1) is 13.8 Å². The molecule has 2 aromatic heterocycles. The van der Waals surface area contributed by atoms with Gasteiger partial charge in [0.2, 0.25) is 5.91 Å². The van der Waals surface area contributed by atoms with Crippen LogP contribution in [0.25, 0.3) is 27.5 Å². The number of carbonyl (C=O) groups is 1. The maximum Gasteiger partial charge on any atom is 0.573 e. The molecule has 8 nitrogen and oxygen atoms in total. The summed E-state index contributed by atoms with van der Waals surface area (Å²) in [5.41, 5.74) is 5.47. The fraction of sp³-hybridized carbons (Fsp3) is 0.138. The van der Waals surface area contributed by atoms with E-state index in [9.17, 15) is 18.0 Å². The number of fused-ring (bicyclic) bond motifs is 3. The van der Waals surface area contributed by atoms with Crippen molar-refractivity contribution in [1.29, 1.82) is 0 Å². The second-order valence-electron chi connectivity index (χ2n) is 9.31. The Morgan fingerprint density at radius 2 is 1.78 bits per heavy atom. The predicted octanol–water partition coefficient (Wildman–Crippen LogP) is 6.56. The zero-order chi connectivity index (χ0) is 28.7. The molecular formula is C29H21F3N6O2S. The number of aromatic nitrogens is 3. The molecule has 0 N–H and O–H groups in total. The van der Waals surface area contributed by atoms with Crippen molar-refractivity contribution in [2.45, 2.75) is 20.2 Å². The first kappa shape index (κ1) is 26.5. The Hall–Kier alpha value is -4.71. The molecule has 1 aliphatic heterocycles. The molecule has 0 spiro atoms. The third kappa shape index (κ3) is 5.25. The molecule has 0 unspecified atom stereocenters. The number of anilines is 1. The molecule has 3 heterocycles. The average molecular weight is 575 g/mol.